The third kappa shape index (κ3) is 3.41. The van der Waals surface area contributed by atoms with Crippen LogP contribution >= 0.6 is 0 Å². The van der Waals surface area contributed by atoms with Crippen LogP contribution < -0.4 is 4.74 Å². The van der Waals surface area contributed by atoms with Crippen molar-refractivity contribution in [1.29, 1.82) is 0 Å². The first-order valence-electron chi connectivity index (χ1n) is 6.31. The highest BCUT2D eigenvalue weighted by molar-refractivity contribution is 5.69. The van der Waals surface area contributed by atoms with E-state index in [1.807, 2.05) is 18.2 Å². The van der Waals surface area contributed by atoms with Crippen molar-refractivity contribution in [3.8, 4) is 17.0 Å². The molecule has 0 bridgehead atoms. The smallest absolute Gasteiger partial charge is 0.309 e. The molecule has 0 unspecified atom stereocenters. The van der Waals surface area contributed by atoms with Crippen LogP contribution in [0.5, 0.6) is 5.88 Å². The third-order valence-corrected chi connectivity index (χ3v) is 2.87. The molecule has 0 aliphatic carbocycles. The predicted molar refractivity (Wildman–Crippen MR) is 75.1 cm³/mol. The zero-order valence-electron chi connectivity index (χ0n) is 11.4. The van der Waals surface area contributed by atoms with Gasteiger partial charge in [0, 0.05) is 24.8 Å². The molecule has 0 saturated carbocycles. The summed E-state index contributed by atoms with van der Waals surface area (Å²) in [6, 6.07) is 12.0. The minimum atomic E-state index is -0.359. The van der Waals surface area contributed by atoms with Gasteiger partial charge in [0.2, 0.25) is 5.88 Å². The van der Waals surface area contributed by atoms with Gasteiger partial charge < -0.3 is 4.74 Å². The van der Waals surface area contributed by atoms with Gasteiger partial charge in [-0.1, -0.05) is 38.1 Å². The van der Waals surface area contributed by atoms with E-state index >= 15 is 0 Å². The van der Waals surface area contributed by atoms with Crippen LogP contribution in [-0.4, -0.2) is 11.0 Å². The molecule has 2 aromatic rings. The maximum atomic E-state index is 10.8. The van der Waals surface area contributed by atoms with Gasteiger partial charge in [0.05, 0.1) is 0 Å². The van der Waals surface area contributed by atoms with Crippen molar-refractivity contribution in [1.82, 2.24) is 4.98 Å². The first-order chi connectivity index (χ1) is 9.06. The van der Waals surface area contributed by atoms with Gasteiger partial charge in [-0.25, -0.2) is 4.98 Å². The Bertz CT molecular complexity index is 574. The zero-order valence-corrected chi connectivity index (χ0v) is 11.4. The van der Waals surface area contributed by atoms with Gasteiger partial charge in [-0.15, -0.1) is 0 Å². The molecule has 0 fully saturated rings. The number of hydrogen-bond acceptors (Lipinski definition) is 3. The van der Waals surface area contributed by atoms with Crippen LogP contribution in [0.15, 0.2) is 42.6 Å². The maximum absolute atomic E-state index is 10.8. The summed E-state index contributed by atoms with van der Waals surface area (Å²) < 4.78 is 4.92. The number of rotatable bonds is 3. The van der Waals surface area contributed by atoms with Crippen LogP contribution in [0.1, 0.15) is 32.3 Å². The Morgan fingerprint density at radius 1 is 1.16 bits per heavy atom. The molecule has 1 heterocycles. The summed E-state index contributed by atoms with van der Waals surface area (Å²) in [7, 11) is 0. The minimum Gasteiger partial charge on any atom is -0.408 e. The van der Waals surface area contributed by atoms with Gasteiger partial charge >= 0.3 is 5.97 Å². The number of hydrogen-bond donors (Lipinski definition) is 0. The second-order valence-electron chi connectivity index (χ2n) is 4.76. The standard InChI is InChI=1S/C16H17NO2/c1-11(2)13-5-4-6-14(9-13)15-7-8-16(17-10-15)19-12(3)18/h4-11H,1-3H3. The van der Waals surface area contributed by atoms with Gasteiger partial charge in [0.15, 0.2) is 0 Å². The molecule has 3 nitrogen and oxygen atoms in total. The van der Waals surface area contributed by atoms with Gasteiger partial charge in [-0.3, -0.25) is 4.79 Å². The number of esters is 1. The van der Waals surface area contributed by atoms with E-state index in [0.717, 1.165) is 11.1 Å². The molecule has 0 amide bonds. The maximum Gasteiger partial charge on any atom is 0.309 e. The highest BCUT2D eigenvalue weighted by Crippen LogP contribution is 2.24. The van der Waals surface area contributed by atoms with Crippen LogP contribution in [0.2, 0.25) is 0 Å². The number of aromatic nitrogens is 1. The van der Waals surface area contributed by atoms with Crippen molar-refractivity contribution >= 4 is 5.97 Å². The molecule has 0 spiro atoms. The highest BCUT2D eigenvalue weighted by Gasteiger charge is 2.04. The van der Waals surface area contributed by atoms with E-state index in [9.17, 15) is 4.79 Å². The molecule has 3 heteroatoms. The van der Waals surface area contributed by atoms with E-state index < -0.39 is 0 Å². The van der Waals surface area contributed by atoms with Crippen molar-refractivity contribution in [2.75, 3.05) is 0 Å². The summed E-state index contributed by atoms with van der Waals surface area (Å²) in [6.45, 7) is 5.70. The van der Waals surface area contributed by atoms with E-state index in [0.29, 0.717) is 11.8 Å². The van der Waals surface area contributed by atoms with Crippen LogP contribution in [0.25, 0.3) is 11.1 Å². The molecule has 0 saturated heterocycles. The van der Waals surface area contributed by atoms with Crippen LogP contribution in [0.3, 0.4) is 0 Å². The molecular formula is C16H17NO2. The lowest BCUT2D eigenvalue weighted by molar-refractivity contribution is -0.132. The Hall–Kier alpha value is -2.16. The monoisotopic (exact) mass is 255 g/mol. The molecule has 0 atom stereocenters. The molecule has 19 heavy (non-hydrogen) atoms. The van der Waals surface area contributed by atoms with Crippen molar-refractivity contribution in [2.24, 2.45) is 0 Å². The van der Waals surface area contributed by atoms with Crippen LogP contribution in [-0.2, 0) is 4.79 Å². The summed E-state index contributed by atoms with van der Waals surface area (Å²) in [4.78, 5) is 15.0. The molecule has 0 aliphatic rings. The SMILES string of the molecule is CC(=O)Oc1ccc(-c2cccc(C(C)C)c2)cn1. The van der Waals surface area contributed by atoms with Crippen LogP contribution in [0, 0.1) is 0 Å². The number of pyridine rings is 1. The average Bonchev–Trinajstić information content (AvgIpc) is 2.39. The number of ether oxygens (including phenoxy) is 1. The summed E-state index contributed by atoms with van der Waals surface area (Å²) in [5.74, 6) is 0.464. The Balaban J connectivity index is 2.26. The third-order valence-electron chi connectivity index (χ3n) is 2.87. The summed E-state index contributed by atoms with van der Waals surface area (Å²) >= 11 is 0. The molecule has 0 N–H and O–H groups in total. The molecule has 2 rings (SSSR count). The Morgan fingerprint density at radius 2 is 1.95 bits per heavy atom. The molecule has 0 radical (unpaired) electrons. The summed E-state index contributed by atoms with van der Waals surface area (Å²) in [5.41, 5.74) is 3.42. The van der Waals surface area contributed by atoms with Crippen molar-refractivity contribution in [3.63, 3.8) is 0 Å². The van der Waals surface area contributed by atoms with Crippen molar-refractivity contribution in [2.45, 2.75) is 26.7 Å². The fourth-order valence-corrected chi connectivity index (χ4v) is 1.84. The lowest BCUT2D eigenvalue weighted by Crippen LogP contribution is -2.02. The number of carbonyl (C=O) groups is 1. The molecule has 0 aliphatic heterocycles. The van der Waals surface area contributed by atoms with E-state index in [-0.39, 0.29) is 5.97 Å². The van der Waals surface area contributed by atoms with Gasteiger partial charge in [-0.2, -0.15) is 0 Å². The number of carbonyl (C=O) groups excluding carboxylic acids is 1. The number of nitrogens with zero attached hydrogens (tertiary/aromatic N) is 1. The molecule has 1 aromatic heterocycles. The second kappa shape index (κ2) is 5.65. The van der Waals surface area contributed by atoms with Crippen molar-refractivity contribution in [3.05, 3.63) is 48.2 Å². The first-order valence-corrected chi connectivity index (χ1v) is 6.31. The van der Waals surface area contributed by atoms with E-state index in [4.69, 9.17) is 4.74 Å². The Labute approximate surface area is 113 Å². The fraction of sp³-hybridized carbons (Fsp3) is 0.250. The largest absolute Gasteiger partial charge is 0.408 e. The van der Waals surface area contributed by atoms with E-state index in [2.05, 4.69) is 31.0 Å². The van der Waals surface area contributed by atoms with Crippen molar-refractivity contribution < 1.29 is 9.53 Å². The lowest BCUT2D eigenvalue weighted by Gasteiger charge is -2.08. The second-order valence-corrected chi connectivity index (χ2v) is 4.76. The zero-order chi connectivity index (χ0) is 13.8. The Morgan fingerprint density at radius 3 is 2.53 bits per heavy atom. The van der Waals surface area contributed by atoms with Crippen LogP contribution in [0.4, 0.5) is 0 Å². The summed E-state index contributed by atoms with van der Waals surface area (Å²) in [5, 5.41) is 0. The van der Waals surface area contributed by atoms with E-state index in [1.54, 1.807) is 12.3 Å². The normalized spacial score (nSPS) is 10.5. The Kier molecular flexibility index (Phi) is 3.95. The van der Waals surface area contributed by atoms with Gasteiger partial charge in [0.1, 0.15) is 0 Å². The molecule has 98 valence electrons. The quantitative estimate of drug-likeness (QED) is 0.783. The fourth-order valence-electron chi connectivity index (χ4n) is 1.84. The minimum absolute atomic E-state index is 0.330. The highest BCUT2D eigenvalue weighted by atomic mass is 16.5. The van der Waals surface area contributed by atoms with Gasteiger partial charge in [0.25, 0.3) is 0 Å². The van der Waals surface area contributed by atoms with E-state index in [1.165, 1.54) is 12.5 Å². The topological polar surface area (TPSA) is 39.2 Å². The lowest BCUT2D eigenvalue weighted by atomic mass is 9.98. The molecule has 1 aromatic carbocycles. The number of benzene rings is 1. The van der Waals surface area contributed by atoms with Gasteiger partial charge in [-0.05, 0) is 23.1 Å². The predicted octanol–water partition coefficient (Wildman–Crippen LogP) is 3.80. The first kappa shape index (κ1) is 13.3. The average molecular weight is 255 g/mol. The summed E-state index contributed by atoms with van der Waals surface area (Å²) in [6.07, 6.45) is 1.72. The molecular weight excluding hydrogens is 238 g/mol.